The van der Waals surface area contributed by atoms with Crippen molar-refractivity contribution in [3.05, 3.63) is 64.2 Å². The van der Waals surface area contributed by atoms with Crippen molar-refractivity contribution >= 4 is 35.3 Å². The molecule has 42 heavy (non-hydrogen) atoms. The molecule has 6 rings (SSSR count). The van der Waals surface area contributed by atoms with Crippen LogP contribution < -0.4 is 42.5 Å². The van der Waals surface area contributed by atoms with E-state index in [1.807, 2.05) is 6.07 Å². The van der Waals surface area contributed by atoms with E-state index in [4.69, 9.17) is 27.8 Å². The van der Waals surface area contributed by atoms with Crippen LogP contribution >= 0.6 is 11.6 Å². The average molecular weight is 599 g/mol. The first kappa shape index (κ1) is 28.1. The summed E-state index contributed by atoms with van der Waals surface area (Å²) in [6.45, 7) is 4.64. The Hall–Kier alpha value is -4.07. The standard InChI is InChI=1S/C28H33ClN8O5/c1-26(2)9-10-42-20-16(7-4-8-17(20)26)23(39)34-19-13-37-25(31)33-18(12-32-22(38)14-5-3-6-15(29)11-14)21-27(37,28(19,40)41)36-24(30)35-21/h3-8,11,18-19,21,40-41H,9-10,12-13H2,1-2H3,(H7,30,31,32,33,34,35,36,38,39)/p+2/t18-,19?,21-,27-/m0/s1. The molecular weight excluding hydrogens is 564 g/mol. The summed E-state index contributed by atoms with van der Waals surface area (Å²) >= 11 is 6.03. The van der Waals surface area contributed by atoms with Crippen LogP contribution in [0.15, 0.2) is 42.5 Å². The molecule has 14 heteroatoms. The highest BCUT2D eigenvalue weighted by Gasteiger charge is 2.78. The Morgan fingerprint density at radius 2 is 1.95 bits per heavy atom. The monoisotopic (exact) mass is 598 g/mol. The molecule has 0 aliphatic carbocycles. The quantitative estimate of drug-likeness (QED) is 0.127. The number of nitrogens with one attached hydrogen (secondary N) is 5. The van der Waals surface area contributed by atoms with Crippen LogP contribution in [0.4, 0.5) is 0 Å². The summed E-state index contributed by atoms with van der Waals surface area (Å²) in [4.78, 5) is 29.5. The van der Waals surface area contributed by atoms with Crippen molar-refractivity contribution < 1.29 is 34.1 Å². The summed E-state index contributed by atoms with van der Waals surface area (Å²) in [6.07, 6.45) is 0.808. The molecule has 1 fully saturated rings. The topological polar surface area (TPSA) is 201 Å². The summed E-state index contributed by atoms with van der Waals surface area (Å²) in [6, 6.07) is 9.26. The van der Waals surface area contributed by atoms with Gasteiger partial charge < -0.3 is 25.6 Å². The van der Waals surface area contributed by atoms with Crippen molar-refractivity contribution in [2.45, 2.75) is 55.3 Å². The molecule has 13 nitrogen and oxygen atoms in total. The maximum Gasteiger partial charge on any atom is 0.347 e. The molecule has 4 heterocycles. The SMILES string of the molecule is CC1(C)CCOc2c(C(=O)NC3C[N+]4=C(N)N[C@@H](CNC(=O)c5cccc(Cl)c5)[C@@H]5[NH+]=C(N)N[C@@]54C3(O)O)cccc21. The third-order valence-corrected chi connectivity index (χ3v) is 9.02. The Morgan fingerprint density at radius 3 is 2.71 bits per heavy atom. The molecule has 0 bridgehead atoms. The van der Waals surface area contributed by atoms with E-state index < -0.39 is 35.5 Å². The first-order valence-corrected chi connectivity index (χ1v) is 14.1. The summed E-state index contributed by atoms with van der Waals surface area (Å²) in [5.74, 6) is -2.78. The molecule has 0 radical (unpaired) electrons. The lowest BCUT2D eigenvalue weighted by molar-refractivity contribution is -0.674. The fourth-order valence-electron chi connectivity index (χ4n) is 6.53. The third-order valence-electron chi connectivity index (χ3n) is 8.79. The maximum absolute atomic E-state index is 13.6. The van der Waals surface area contributed by atoms with Gasteiger partial charge in [-0.15, -0.1) is 0 Å². The summed E-state index contributed by atoms with van der Waals surface area (Å²) in [5.41, 5.74) is 12.3. The number of aliphatic hydroxyl groups is 2. The van der Waals surface area contributed by atoms with Crippen molar-refractivity contribution in [1.82, 2.24) is 21.3 Å². The second-order valence-corrected chi connectivity index (χ2v) is 12.2. The van der Waals surface area contributed by atoms with Gasteiger partial charge in [0.25, 0.3) is 23.3 Å². The van der Waals surface area contributed by atoms with Gasteiger partial charge in [-0.05, 0) is 36.1 Å². The highest BCUT2D eigenvalue weighted by Crippen LogP contribution is 2.41. The van der Waals surface area contributed by atoms with Gasteiger partial charge in [0.2, 0.25) is 0 Å². The number of guanidine groups is 2. The number of hydrogen-bond donors (Lipinski definition) is 9. The highest BCUT2D eigenvalue weighted by atomic mass is 35.5. The zero-order valence-corrected chi connectivity index (χ0v) is 24.0. The van der Waals surface area contributed by atoms with Crippen molar-refractivity contribution in [2.24, 2.45) is 11.5 Å². The second kappa shape index (κ2) is 9.75. The molecule has 4 aliphatic heterocycles. The van der Waals surface area contributed by atoms with Gasteiger partial charge in [-0.25, -0.2) is 9.89 Å². The van der Waals surface area contributed by atoms with Crippen LogP contribution in [0.25, 0.3) is 0 Å². The summed E-state index contributed by atoms with van der Waals surface area (Å²) < 4.78 is 7.44. The van der Waals surface area contributed by atoms with Gasteiger partial charge in [0, 0.05) is 16.1 Å². The van der Waals surface area contributed by atoms with Crippen LogP contribution in [0.5, 0.6) is 5.75 Å². The van der Waals surface area contributed by atoms with E-state index in [2.05, 4.69) is 40.1 Å². The minimum Gasteiger partial charge on any atom is -0.492 e. The van der Waals surface area contributed by atoms with Crippen LogP contribution in [0, 0.1) is 0 Å². The second-order valence-electron chi connectivity index (χ2n) is 11.8. The largest absolute Gasteiger partial charge is 0.492 e. The third kappa shape index (κ3) is 4.22. The fourth-order valence-corrected chi connectivity index (χ4v) is 6.72. The Balaban J connectivity index is 1.27. The lowest BCUT2D eigenvalue weighted by Crippen LogP contribution is -2.92. The minimum absolute atomic E-state index is 0.0463. The van der Waals surface area contributed by atoms with Crippen LogP contribution in [-0.4, -0.2) is 87.8 Å². The van der Waals surface area contributed by atoms with Gasteiger partial charge in [0.1, 0.15) is 17.8 Å². The number of nitrogens with two attached hydrogens (primary N) is 2. The maximum atomic E-state index is 13.6. The number of rotatable bonds is 5. The van der Waals surface area contributed by atoms with E-state index in [1.54, 1.807) is 36.4 Å². The highest BCUT2D eigenvalue weighted by molar-refractivity contribution is 6.30. The van der Waals surface area contributed by atoms with Crippen LogP contribution in [-0.2, 0) is 5.41 Å². The average Bonchev–Trinajstić information content (AvgIpc) is 3.40. The summed E-state index contributed by atoms with van der Waals surface area (Å²) in [5, 5.41) is 35.7. The molecule has 2 amide bonds. The molecule has 1 spiro atoms. The molecule has 0 aromatic heterocycles. The van der Waals surface area contributed by atoms with Crippen LogP contribution in [0.1, 0.15) is 46.5 Å². The molecule has 4 atom stereocenters. The first-order valence-electron chi connectivity index (χ1n) is 13.7. The number of hydrogen-bond acceptors (Lipinski definition) is 9. The number of nitrogens with zero attached hydrogens (tertiary/aromatic N) is 1. The van der Waals surface area contributed by atoms with Gasteiger partial charge in [-0.3, -0.25) is 31.4 Å². The number of carbonyl (C=O) groups excluding carboxylic acids is 2. The van der Waals surface area contributed by atoms with E-state index in [-0.39, 0.29) is 36.3 Å². The Morgan fingerprint density at radius 1 is 1.19 bits per heavy atom. The van der Waals surface area contributed by atoms with E-state index in [1.165, 1.54) is 4.58 Å². The number of ether oxygens (including phenoxy) is 1. The molecule has 11 N–H and O–H groups in total. The molecule has 2 aromatic carbocycles. The number of fused-ring (bicyclic) bond motifs is 1. The molecule has 1 saturated heterocycles. The normalized spacial score (nSPS) is 28.2. The Labute approximate surface area is 247 Å². The molecule has 222 valence electrons. The van der Waals surface area contributed by atoms with Crippen LogP contribution in [0.3, 0.4) is 0 Å². The number of para-hydroxylation sites is 1. The zero-order chi connectivity index (χ0) is 30.0. The molecule has 0 saturated carbocycles. The van der Waals surface area contributed by atoms with Crippen molar-refractivity contribution in [1.29, 1.82) is 0 Å². The summed E-state index contributed by atoms with van der Waals surface area (Å²) in [7, 11) is 0. The van der Waals surface area contributed by atoms with E-state index >= 15 is 0 Å². The molecule has 2 aromatic rings. The lowest BCUT2D eigenvalue weighted by atomic mass is 9.79. The number of amides is 2. The van der Waals surface area contributed by atoms with Crippen molar-refractivity contribution in [3.63, 3.8) is 0 Å². The number of benzene rings is 2. The van der Waals surface area contributed by atoms with Gasteiger partial charge in [0.15, 0.2) is 6.04 Å². The van der Waals surface area contributed by atoms with Crippen molar-refractivity contribution in [3.8, 4) is 5.75 Å². The predicted molar refractivity (Wildman–Crippen MR) is 153 cm³/mol. The van der Waals surface area contributed by atoms with Crippen LogP contribution in [0.2, 0.25) is 5.02 Å². The Kier molecular flexibility index (Phi) is 6.52. The molecular formula is C28H35ClN8O5+2. The number of halogens is 1. The zero-order valence-electron chi connectivity index (χ0n) is 23.2. The Bertz CT molecular complexity index is 1540. The predicted octanol–water partition coefficient (Wildman–Crippen LogP) is -3.01. The first-order chi connectivity index (χ1) is 19.8. The van der Waals surface area contributed by atoms with E-state index in [0.717, 1.165) is 12.0 Å². The number of carbonyl (C=O) groups is 2. The fraction of sp³-hybridized carbons (Fsp3) is 0.429. The molecule has 4 aliphatic rings. The van der Waals surface area contributed by atoms with Gasteiger partial charge in [-0.2, -0.15) is 0 Å². The van der Waals surface area contributed by atoms with E-state index in [9.17, 15) is 19.8 Å². The lowest BCUT2D eigenvalue weighted by Gasteiger charge is -2.41. The van der Waals surface area contributed by atoms with E-state index in [0.29, 0.717) is 28.5 Å². The minimum atomic E-state index is -2.57. The molecule has 1 unspecified atom stereocenters. The van der Waals surface area contributed by atoms with Crippen molar-refractivity contribution in [2.75, 3.05) is 19.7 Å². The van der Waals surface area contributed by atoms with Gasteiger partial charge in [0.05, 0.1) is 25.3 Å². The van der Waals surface area contributed by atoms with Gasteiger partial charge in [-0.1, -0.05) is 43.6 Å². The smallest absolute Gasteiger partial charge is 0.347 e. The van der Waals surface area contributed by atoms with Gasteiger partial charge >= 0.3 is 11.9 Å².